The van der Waals surface area contributed by atoms with Crippen LogP contribution in [0.3, 0.4) is 0 Å². The first-order chi connectivity index (χ1) is 23.2. The van der Waals surface area contributed by atoms with Gasteiger partial charge in [-0.1, -0.05) is 170 Å². The predicted molar refractivity (Wildman–Crippen MR) is 200 cm³/mol. The molecule has 0 N–H and O–H groups in total. The third-order valence-corrected chi connectivity index (χ3v) is 9.45. The van der Waals surface area contributed by atoms with E-state index in [9.17, 15) is 0 Å². The molecule has 0 radical (unpaired) electrons. The second-order valence-electron chi connectivity index (χ2n) is 13.2. The molecule has 0 unspecified atom stereocenters. The van der Waals surface area contributed by atoms with Crippen LogP contribution in [0.15, 0.2) is 60.7 Å². The van der Waals surface area contributed by atoms with Crippen LogP contribution >= 0.6 is 0 Å². The third kappa shape index (κ3) is 17.0. The molecule has 0 fully saturated rings. The summed E-state index contributed by atoms with van der Waals surface area (Å²) in [4.78, 5) is 0. The van der Waals surface area contributed by atoms with Gasteiger partial charge in [0.1, 0.15) is 0 Å². The van der Waals surface area contributed by atoms with Gasteiger partial charge in [-0.2, -0.15) is 0 Å². The van der Waals surface area contributed by atoms with Crippen molar-refractivity contribution in [3.63, 3.8) is 0 Å². The number of unbranched alkanes of at least 4 members (excludes halogenated alkanes) is 18. The van der Waals surface area contributed by atoms with Crippen LogP contribution in [0.1, 0.15) is 174 Å². The van der Waals surface area contributed by atoms with Crippen molar-refractivity contribution in [3.8, 4) is 0 Å². The summed E-state index contributed by atoms with van der Waals surface area (Å²) in [5.74, 6) is -1.17. The second-order valence-corrected chi connectivity index (χ2v) is 13.2. The SMILES string of the molecule is CCOC(CCCCCCCCCCCCCCCCCCCCCC(OCC)(OCC)c1ccccc1)(OCC)c1ccccc1. The minimum atomic E-state index is -0.586. The Morgan fingerprint density at radius 3 is 0.745 bits per heavy atom. The van der Waals surface area contributed by atoms with Gasteiger partial charge in [-0.15, -0.1) is 0 Å². The van der Waals surface area contributed by atoms with Crippen molar-refractivity contribution < 1.29 is 18.9 Å². The van der Waals surface area contributed by atoms with E-state index < -0.39 is 11.6 Å². The van der Waals surface area contributed by atoms with Crippen molar-refractivity contribution in [1.82, 2.24) is 0 Å². The first-order valence-electron chi connectivity index (χ1n) is 19.8. The zero-order chi connectivity index (χ0) is 33.7. The van der Waals surface area contributed by atoms with Crippen molar-refractivity contribution >= 4 is 0 Å². The van der Waals surface area contributed by atoms with Crippen molar-refractivity contribution in [3.05, 3.63) is 71.8 Å². The fraction of sp³-hybridized carbons (Fsp3) is 0.721. The molecule has 0 saturated carbocycles. The molecule has 0 bridgehead atoms. The van der Waals surface area contributed by atoms with E-state index in [0.717, 1.165) is 36.8 Å². The fourth-order valence-electron chi connectivity index (χ4n) is 7.03. The summed E-state index contributed by atoms with van der Waals surface area (Å²) >= 11 is 0. The summed E-state index contributed by atoms with van der Waals surface area (Å²) in [7, 11) is 0. The standard InChI is InChI=1S/C43H72O4/c1-5-44-42(45-6-2,40-34-28-26-29-35-40)38-32-24-22-20-18-16-14-12-10-9-11-13-15-17-19-21-23-25-33-39-43(46-7-3,47-8-4)41-36-30-27-31-37-41/h26-31,34-37H,5-25,32-33,38-39H2,1-4H3. The van der Waals surface area contributed by atoms with Crippen molar-refractivity contribution in [2.24, 2.45) is 0 Å². The summed E-state index contributed by atoms with van der Waals surface area (Å²) in [5.41, 5.74) is 2.29. The minimum Gasteiger partial charge on any atom is -0.346 e. The Kier molecular flexibility index (Phi) is 23.9. The highest BCUT2D eigenvalue weighted by Crippen LogP contribution is 2.34. The van der Waals surface area contributed by atoms with Crippen LogP contribution in [-0.4, -0.2) is 26.4 Å². The molecule has 0 aliphatic rings. The van der Waals surface area contributed by atoms with Gasteiger partial charge in [0.05, 0.1) is 0 Å². The Hall–Kier alpha value is -1.72. The van der Waals surface area contributed by atoms with Gasteiger partial charge in [0.2, 0.25) is 0 Å². The van der Waals surface area contributed by atoms with E-state index in [0.29, 0.717) is 26.4 Å². The number of hydrogen-bond donors (Lipinski definition) is 0. The molecule has 0 aliphatic carbocycles. The van der Waals surface area contributed by atoms with Gasteiger partial charge < -0.3 is 18.9 Å². The van der Waals surface area contributed by atoms with E-state index in [1.165, 1.54) is 109 Å². The van der Waals surface area contributed by atoms with Gasteiger partial charge in [-0.05, 0) is 40.5 Å². The molecule has 2 rings (SSSR count). The van der Waals surface area contributed by atoms with E-state index in [1.54, 1.807) is 0 Å². The van der Waals surface area contributed by atoms with Gasteiger partial charge in [0, 0.05) is 50.4 Å². The van der Waals surface area contributed by atoms with Crippen molar-refractivity contribution in [1.29, 1.82) is 0 Å². The highest BCUT2D eigenvalue weighted by molar-refractivity contribution is 5.21. The molecule has 4 nitrogen and oxygen atoms in total. The van der Waals surface area contributed by atoms with Gasteiger partial charge in [0.15, 0.2) is 11.6 Å². The largest absolute Gasteiger partial charge is 0.346 e. The lowest BCUT2D eigenvalue weighted by molar-refractivity contribution is -0.247. The van der Waals surface area contributed by atoms with Crippen molar-refractivity contribution in [2.75, 3.05) is 26.4 Å². The minimum absolute atomic E-state index is 0.586. The lowest BCUT2D eigenvalue weighted by atomic mass is 9.97. The summed E-state index contributed by atoms with van der Waals surface area (Å²) in [6.45, 7) is 10.9. The summed E-state index contributed by atoms with van der Waals surface area (Å²) in [5, 5.41) is 0. The maximum atomic E-state index is 6.20. The van der Waals surface area contributed by atoms with E-state index in [-0.39, 0.29) is 0 Å². The summed E-state index contributed by atoms with van der Waals surface area (Å²) in [6, 6.07) is 21.0. The van der Waals surface area contributed by atoms with Gasteiger partial charge >= 0.3 is 0 Å². The molecule has 0 aromatic heterocycles. The van der Waals surface area contributed by atoms with Gasteiger partial charge in [-0.3, -0.25) is 0 Å². The van der Waals surface area contributed by atoms with Crippen LogP contribution < -0.4 is 0 Å². The smallest absolute Gasteiger partial charge is 0.194 e. The van der Waals surface area contributed by atoms with Crippen LogP contribution in [-0.2, 0) is 30.5 Å². The zero-order valence-electron chi connectivity index (χ0n) is 31.1. The molecule has 268 valence electrons. The molecule has 0 spiro atoms. The Morgan fingerprint density at radius 2 is 0.532 bits per heavy atom. The lowest BCUT2D eigenvalue weighted by Gasteiger charge is -2.34. The maximum absolute atomic E-state index is 6.20. The van der Waals surface area contributed by atoms with Crippen LogP contribution in [0, 0.1) is 0 Å². The van der Waals surface area contributed by atoms with Gasteiger partial charge in [-0.25, -0.2) is 0 Å². The predicted octanol–water partition coefficient (Wildman–Crippen LogP) is 13.0. The number of hydrogen-bond acceptors (Lipinski definition) is 4. The normalized spacial score (nSPS) is 12.2. The monoisotopic (exact) mass is 653 g/mol. The molecule has 2 aromatic carbocycles. The van der Waals surface area contributed by atoms with Crippen LogP contribution in [0.4, 0.5) is 0 Å². The Labute approximate surface area is 290 Å². The highest BCUT2D eigenvalue weighted by atomic mass is 16.7. The molecule has 0 heterocycles. The quantitative estimate of drug-likeness (QED) is 0.0582. The highest BCUT2D eigenvalue weighted by Gasteiger charge is 2.34. The average Bonchev–Trinajstić information content (AvgIpc) is 3.10. The number of rotatable bonds is 32. The Balaban J connectivity index is 1.39. The van der Waals surface area contributed by atoms with E-state index in [4.69, 9.17) is 18.9 Å². The first kappa shape index (κ1) is 41.5. The number of benzene rings is 2. The molecular weight excluding hydrogens is 580 g/mol. The van der Waals surface area contributed by atoms with Gasteiger partial charge in [0.25, 0.3) is 0 Å². The molecule has 0 atom stereocenters. The van der Waals surface area contributed by atoms with Crippen LogP contribution in [0.2, 0.25) is 0 Å². The number of ether oxygens (including phenoxy) is 4. The lowest BCUT2D eigenvalue weighted by Crippen LogP contribution is -2.33. The molecule has 4 heteroatoms. The van der Waals surface area contributed by atoms with Crippen molar-refractivity contribution in [2.45, 2.75) is 174 Å². The molecule has 2 aromatic rings. The molecular formula is C43H72O4. The topological polar surface area (TPSA) is 36.9 Å². The van der Waals surface area contributed by atoms with Crippen LogP contribution in [0.25, 0.3) is 0 Å². The summed E-state index contributed by atoms with van der Waals surface area (Å²) < 4.78 is 24.8. The first-order valence-corrected chi connectivity index (χ1v) is 19.8. The average molecular weight is 653 g/mol. The second kappa shape index (κ2) is 27.1. The fourth-order valence-corrected chi connectivity index (χ4v) is 7.03. The van der Waals surface area contributed by atoms with E-state index in [2.05, 4.69) is 88.4 Å². The third-order valence-electron chi connectivity index (χ3n) is 9.45. The molecule has 0 saturated heterocycles. The molecule has 0 aliphatic heterocycles. The summed E-state index contributed by atoms with van der Waals surface area (Å²) in [6.07, 6.45) is 27.5. The molecule has 47 heavy (non-hydrogen) atoms. The van der Waals surface area contributed by atoms with E-state index in [1.807, 2.05) is 0 Å². The zero-order valence-corrected chi connectivity index (χ0v) is 31.1. The van der Waals surface area contributed by atoms with E-state index >= 15 is 0 Å². The molecule has 0 amide bonds. The van der Waals surface area contributed by atoms with Crippen LogP contribution in [0.5, 0.6) is 0 Å². The maximum Gasteiger partial charge on any atom is 0.194 e. The Morgan fingerprint density at radius 1 is 0.319 bits per heavy atom. The Bertz CT molecular complexity index is 857.